The van der Waals surface area contributed by atoms with Crippen molar-refractivity contribution in [1.82, 2.24) is 15.3 Å². The molecule has 8 heteroatoms. The quantitative estimate of drug-likeness (QED) is 0.444. The Labute approximate surface area is 195 Å². The third-order valence-electron chi connectivity index (χ3n) is 5.44. The standard InChI is InChI=1S/C25H20ClN3O4/c1-31-19-4-2-15(3-5-19)22-6-7-23(33-22)25(30)29-13-20-9-17-8-16(10-21(26)24(17)32-20)18-11-27-14-28-12-18/h2-8,10-12,14,20H,9,13H2,1H3,(H,29,30). The number of nitrogens with one attached hydrogen (secondary N) is 1. The van der Waals surface area contributed by atoms with Crippen LogP contribution in [0.15, 0.2) is 71.7 Å². The van der Waals surface area contributed by atoms with Gasteiger partial charge in [-0.3, -0.25) is 4.79 Å². The first-order valence-electron chi connectivity index (χ1n) is 10.4. The lowest BCUT2D eigenvalue weighted by Gasteiger charge is -2.11. The van der Waals surface area contributed by atoms with Crippen LogP contribution in [0.2, 0.25) is 5.02 Å². The molecule has 7 nitrogen and oxygen atoms in total. The fraction of sp³-hybridized carbons (Fsp3) is 0.160. The number of benzene rings is 2. The second-order valence-electron chi connectivity index (χ2n) is 7.62. The second-order valence-corrected chi connectivity index (χ2v) is 8.03. The molecule has 1 atom stereocenters. The van der Waals surface area contributed by atoms with Gasteiger partial charge in [-0.05, 0) is 54.1 Å². The highest BCUT2D eigenvalue weighted by molar-refractivity contribution is 6.32. The van der Waals surface area contributed by atoms with Crippen molar-refractivity contribution in [1.29, 1.82) is 0 Å². The highest BCUT2D eigenvalue weighted by atomic mass is 35.5. The van der Waals surface area contributed by atoms with E-state index in [-0.39, 0.29) is 17.8 Å². The van der Waals surface area contributed by atoms with Crippen molar-refractivity contribution in [3.05, 3.63) is 83.6 Å². The van der Waals surface area contributed by atoms with Gasteiger partial charge in [-0.15, -0.1) is 0 Å². The van der Waals surface area contributed by atoms with Crippen LogP contribution in [-0.4, -0.2) is 35.6 Å². The molecule has 1 amide bonds. The predicted octanol–water partition coefficient (Wildman–Crippen LogP) is 4.80. The number of halogens is 1. The first-order valence-corrected chi connectivity index (χ1v) is 10.8. The number of methoxy groups -OCH3 is 1. The van der Waals surface area contributed by atoms with Gasteiger partial charge in [-0.25, -0.2) is 9.97 Å². The number of nitrogens with zero attached hydrogens (tertiary/aromatic N) is 2. The lowest BCUT2D eigenvalue weighted by Crippen LogP contribution is -2.34. The van der Waals surface area contributed by atoms with Crippen molar-refractivity contribution >= 4 is 17.5 Å². The average molecular weight is 462 g/mol. The van der Waals surface area contributed by atoms with Gasteiger partial charge in [0.15, 0.2) is 5.76 Å². The number of hydrogen-bond acceptors (Lipinski definition) is 6. The maximum Gasteiger partial charge on any atom is 0.287 e. The van der Waals surface area contributed by atoms with E-state index in [0.717, 1.165) is 28.0 Å². The van der Waals surface area contributed by atoms with Crippen molar-refractivity contribution in [2.75, 3.05) is 13.7 Å². The van der Waals surface area contributed by atoms with Gasteiger partial charge in [0, 0.05) is 35.5 Å². The summed E-state index contributed by atoms with van der Waals surface area (Å²) < 4.78 is 16.9. The number of rotatable bonds is 6. The summed E-state index contributed by atoms with van der Waals surface area (Å²) in [4.78, 5) is 20.7. The highest BCUT2D eigenvalue weighted by Crippen LogP contribution is 2.39. The van der Waals surface area contributed by atoms with E-state index >= 15 is 0 Å². The van der Waals surface area contributed by atoms with Gasteiger partial charge in [0.1, 0.15) is 29.7 Å². The number of carbonyl (C=O) groups is 1. The van der Waals surface area contributed by atoms with Crippen LogP contribution in [0.25, 0.3) is 22.5 Å². The van der Waals surface area contributed by atoms with Crippen LogP contribution in [0.5, 0.6) is 11.5 Å². The predicted molar refractivity (Wildman–Crippen MR) is 124 cm³/mol. The zero-order valence-corrected chi connectivity index (χ0v) is 18.5. The van der Waals surface area contributed by atoms with Crippen molar-refractivity contribution in [2.24, 2.45) is 0 Å². The number of carbonyl (C=O) groups excluding carboxylic acids is 1. The summed E-state index contributed by atoms with van der Waals surface area (Å²) in [5, 5.41) is 3.41. The number of furan rings is 1. The van der Waals surface area contributed by atoms with Gasteiger partial charge in [0.2, 0.25) is 0 Å². The highest BCUT2D eigenvalue weighted by Gasteiger charge is 2.27. The number of ether oxygens (including phenoxy) is 2. The summed E-state index contributed by atoms with van der Waals surface area (Å²) >= 11 is 6.45. The van der Waals surface area contributed by atoms with E-state index in [1.165, 1.54) is 6.33 Å². The largest absolute Gasteiger partial charge is 0.497 e. The monoisotopic (exact) mass is 461 g/mol. The van der Waals surface area contributed by atoms with Crippen molar-refractivity contribution in [3.8, 4) is 33.9 Å². The molecule has 1 unspecified atom stereocenters. The molecule has 0 radical (unpaired) electrons. The Morgan fingerprint density at radius 3 is 2.64 bits per heavy atom. The maximum atomic E-state index is 12.6. The molecule has 0 bridgehead atoms. The van der Waals surface area contributed by atoms with E-state index in [4.69, 9.17) is 25.5 Å². The Hall–Kier alpha value is -3.84. The Morgan fingerprint density at radius 2 is 1.88 bits per heavy atom. The molecular weight excluding hydrogens is 442 g/mol. The van der Waals surface area contributed by atoms with Gasteiger partial charge in [0.05, 0.1) is 18.7 Å². The van der Waals surface area contributed by atoms with E-state index < -0.39 is 0 Å². The summed E-state index contributed by atoms with van der Waals surface area (Å²) in [6, 6.07) is 14.7. The topological polar surface area (TPSA) is 86.5 Å². The minimum atomic E-state index is -0.303. The van der Waals surface area contributed by atoms with Crippen LogP contribution in [0, 0.1) is 0 Å². The summed E-state index contributed by atoms with van der Waals surface area (Å²) in [5.74, 6) is 1.95. The SMILES string of the molecule is COc1ccc(-c2ccc(C(=O)NCC3Cc4cc(-c5cncnc5)cc(Cl)c4O3)o2)cc1. The summed E-state index contributed by atoms with van der Waals surface area (Å²) in [7, 11) is 1.61. The molecule has 166 valence electrons. The molecule has 5 rings (SSSR count). The fourth-order valence-corrected chi connectivity index (χ4v) is 4.06. The maximum absolute atomic E-state index is 12.6. The first-order chi connectivity index (χ1) is 16.1. The molecule has 4 aromatic rings. The van der Waals surface area contributed by atoms with Crippen molar-refractivity contribution in [2.45, 2.75) is 12.5 Å². The average Bonchev–Trinajstić information content (AvgIpc) is 3.51. The number of fused-ring (bicyclic) bond motifs is 1. The summed E-state index contributed by atoms with van der Waals surface area (Å²) in [5.41, 5.74) is 3.65. The molecule has 0 saturated heterocycles. The first kappa shape index (κ1) is 21.0. The molecule has 3 heterocycles. The second kappa shape index (κ2) is 8.96. The minimum absolute atomic E-state index is 0.222. The minimum Gasteiger partial charge on any atom is -0.497 e. The van der Waals surface area contributed by atoms with Gasteiger partial charge < -0.3 is 19.2 Å². The molecule has 0 saturated carbocycles. The number of aromatic nitrogens is 2. The van der Waals surface area contributed by atoms with Gasteiger partial charge in [0.25, 0.3) is 5.91 Å². The molecule has 1 aliphatic rings. The zero-order valence-electron chi connectivity index (χ0n) is 17.7. The molecule has 1 N–H and O–H groups in total. The van der Waals surface area contributed by atoms with Crippen molar-refractivity contribution in [3.63, 3.8) is 0 Å². The molecule has 2 aromatic heterocycles. The van der Waals surface area contributed by atoms with Crippen molar-refractivity contribution < 1.29 is 18.7 Å². The number of hydrogen-bond donors (Lipinski definition) is 1. The smallest absolute Gasteiger partial charge is 0.287 e. The Balaban J connectivity index is 1.22. The van der Waals surface area contributed by atoms with Crippen LogP contribution in [-0.2, 0) is 6.42 Å². The lowest BCUT2D eigenvalue weighted by atomic mass is 10.0. The van der Waals surface area contributed by atoms with E-state index in [9.17, 15) is 4.79 Å². The van der Waals surface area contributed by atoms with Gasteiger partial charge in [-0.1, -0.05) is 11.6 Å². The van der Waals surface area contributed by atoms with Crippen LogP contribution in [0.4, 0.5) is 0 Å². The number of amides is 1. The van der Waals surface area contributed by atoms with E-state index in [2.05, 4.69) is 15.3 Å². The molecule has 2 aromatic carbocycles. The third kappa shape index (κ3) is 4.40. The third-order valence-corrected chi connectivity index (χ3v) is 5.72. The van der Waals surface area contributed by atoms with Crippen LogP contribution in [0.1, 0.15) is 16.1 Å². The van der Waals surface area contributed by atoms with Crippen LogP contribution < -0.4 is 14.8 Å². The fourth-order valence-electron chi connectivity index (χ4n) is 3.78. The molecule has 1 aliphatic heterocycles. The lowest BCUT2D eigenvalue weighted by molar-refractivity contribution is 0.0906. The zero-order chi connectivity index (χ0) is 22.8. The van der Waals surface area contributed by atoms with E-state index in [1.54, 1.807) is 31.6 Å². The summed E-state index contributed by atoms with van der Waals surface area (Å²) in [6.45, 7) is 0.326. The van der Waals surface area contributed by atoms with E-state index in [1.807, 2.05) is 36.4 Å². The van der Waals surface area contributed by atoms with E-state index in [0.29, 0.717) is 29.5 Å². The Morgan fingerprint density at radius 1 is 1.09 bits per heavy atom. The van der Waals surface area contributed by atoms with Crippen LogP contribution >= 0.6 is 11.6 Å². The Kier molecular flexibility index (Phi) is 5.71. The Bertz CT molecular complexity index is 1290. The normalized spacial score (nSPS) is 14.4. The van der Waals surface area contributed by atoms with Gasteiger partial charge in [-0.2, -0.15) is 0 Å². The molecule has 0 fully saturated rings. The molecule has 0 spiro atoms. The summed E-state index contributed by atoms with van der Waals surface area (Å²) in [6.07, 6.45) is 5.37. The molecular formula is C25H20ClN3O4. The van der Waals surface area contributed by atoms with Gasteiger partial charge >= 0.3 is 0 Å². The molecule has 0 aliphatic carbocycles. The molecule has 33 heavy (non-hydrogen) atoms. The van der Waals surface area contributed by atoms with Crippen LogP contribution in [0.3, 0.4) is 0 Å².